The quantitative estimate of drug-likeness (QED) is 0.688. The smallest absolute Gasteiger partial charge is 0.168 e. The molecule has 1 rings (SSSR count). The molecule has 2 N–H and O–H groups in total. The SMILES string of the molecule is CC(C)NC(C)(C)c1nnn[nH]1. The van der Waals surface area contributed by atoms with Crippen molar-refractivity contribution in [3.8, 4) is 0 Å². The van der Waals surface area contributed by atoms with Crippen LogP contribution >= 0.6 is 0 Å². The van der Waals surface area contributed by atoms with Crippen LogP contribution in [0.2, 0.25) is 0 Å². The molecule has 5 nitrogen and oxygen atoms in total. The van der Waals surface area contributed by atoms with E-state index in [1.807, 2.05) is 13.8 Å². The number of nitrogens with one attached hydrogen (secondary N) is 2. The number of tetrazole rings is 1. The maximum atomic E-state index is 3.86. The van der Waals surface area contributed by atoms with E-state index in [0.29, 0.717) is 6.04 Å². The highest BCUT2D eigenvalue weighted by molar-refractivity contribution is 4.97. The fraction of sp³-hybridized carbons (Fsp3) is 0.857. The third-order valence-electron chi connectivity index (χ3n) is 1.59. The van der Waals surface area contributed by atoms with Gasteiger partial charge in [-0.05, 0) is 38.1 Å². The average Bonchev–Trinajstić information content (AvgIpc) is 2.32. The van der Waals surface area contributed by atoms with Crippen LogP contribution < -0.4 is 5.32 Å². The standard InChI is InChI=1S/C7H15N5/c1-5(2)8-7(3,4)6-9-11-12-10-6/h5,8H,1-4H3,(H,9,10,11,12). The van der Waals surface area contributed by atoms with Crippen molar-refractivity contribution in [3.05, 3.63) is 5.82 Å². The van der Waals surface area contributed by atoms with Crippen molar-refractivity contribution in [1.82, 2.24) is 25.9 Å². The summed E-state index contributed by atoms with van der Waals surface area (Å²) >= 11 is 0. The molecule has 0 fully saturated rings. The van der Waals surface area contributed by atoms with Gasteiger partial charge in [-0.3, -0.25) is 0 Å². The molecule has 0 aliphatic rings. The van der Waals surface area contributed by atoms with E-state index in [1.165, 1.54) is 0 Å². The molecule has 0 bridgehead atoms. The Hall–Kier alpha value is -0.970. The Morgan fingerprint density at radius 2 is 2.08 bits per heavy atom. The summed E-state index contributed by atoms with van der Waals surface area (Å²) in [5.41, 5.74) is -0.197. The van der Waals surface area contributed by atoms with Crippen molar-refractivity contribution < 1.29 is 0 Å². The van der Waals surface area contributed by atoms with Gasteiger partial charge in [0.05, 0.1) is 5.54 Å². The number of rotatable bonds is 3. The van der Waals surface area contributed by atoms with Crippen LogP contribution in [0.1, 0.15) is 33.5 Å². The third-order valence-corrected chi connectivity index (χ3v) is 1.59. The molecule has 0 aliphatic carbocycles. The Bertz CT molecular complexity index is 226. The Balaban J connectivity index is 2.72. The van der Waals surface area contributed by atoms with E-state index < -0.39 is 0 Å². The highest BCUT2D eigenvalue weighted by Crippen LogP contribution is 2.14. The Morgan fingerprint density at radius 1 is 1.42 bits per heavy atom. The third kappa shape index (κ3) is 2.01. The Labute approximate surface area is 71.9 Å². The normalized spacial score (nSPS) is 12.4. The van der Waals surface area contributed by atoms with E-state index in [2.05, 4.69) is 39.8 Å². The summed E-state index contributed by atoms with van der Waals surface area (Å²) < 4.78 is 0. The molecule has 5 heteroatoms. The summed E-state index contributed by atoms with van der Waals surface area (Å²) in [5.74, 6) is 0.760. The highest BCUT2D eigenvalue weighted by Gasteiger charge is 2.24. The largest absolute Gasteiger partial charge is 0.303 e. The molecule has 0 radical (unpaired) electrons. The van der Waals surface area contributed by atoms with Crippen molar-refractivity contribution in [2.75, 3.05) is 0 Å². The van der Waals surface area contributed by atoms with E-state index in [0.717, 1.165) is 5.82 Å². The van der Waals surface area contributed by atoms with Crippen LogP contribution in [0.15, 0.2) is 0 Å². The summed E-state index contributed by atoms with van der Waals surface area (Å²) in [7, 11) is 0. The van der Waals surface area contributed by atoms with Gasteiger partial charge in [0, 0.05) is 6.04 Å². The molecule has 1 aromatic rings. The topological polar surface area (TPSA) is 66.5 Å². The Morgan fingerprint density at radius 3 is 2.50 bits per heavy atom. The van der Waals surface area contributed by atoms with Gasteiger partial charge >= 0.3 is 0 Å². The number of H-pyrrole nitrogens is 1. The van der Waals surface area contributed by atoms with E-state index in [1.54, 1.807) is 0 Å². The first-order valence-electron chi connectivity index (χ1n) is 4.04. The minimum absolute atomic E-state index is 0.197. The second-order valence-electron chi connectivity index (χ2n) is 3.67. The Kier molecular flexibility index (Phi) is 2.42. The maximum absolute atomic E-state index is 3.86. The summed E-state index contributed by atoms with van der Waals surface area (Å²) in [5, 5.41) is 17.0. The van der Waals surface area contributed by atoms with Gasteiger partial charge in [0.1, 0.15) is 0 Å². The van der Waals surface area contributed by atoms with Crippen LogP contribution in [0.4, 0.5) is 0 Å². The number of hydrogen-bond donors (Lipinski definition) is 2. The molecule has 0 saturated heterocycles. The second-order valence-corrected chi connectivity index (χ2v) is 3.67. The summed E-state index contributed by atoms with van der Waals surface area (Å²) in [4.78, 5) is 0. The predicted molar refractivity (Wildman–Crippen MR) is 45.5 cm³/mol. The molecule has 0 unspecified atom stereocenters. The van der Waals surface area contributed by atoms with Crippen molar-refractivity contribution in [3.63, 3.8) is 0 Å². The lowest BCUT2D eigenvalue weighted by molar-refractivity contribution is 0.347. The van der Waals surface area contributed by atoms with Crippen LogP contribution in [-0.2, 0) is 5.54 Å². The second kappa shape index (κ2) is 3.18. The molecule has 0 amide bonds. The average molecular weight is 169 g/mol. The van der Waals surface area contributed by atoms with Crippen LogP contribution in [0.5, 0.6) is 0 Å². The van der Waals surface area contributed by atoms with Crippen LogP contribution in [0.25, 0.3) is 0 Å². The molecular formula is C7H15N5. The molecule has 12 heavy (non-hydrogen) atoms. The molecule has 0 aromatic carbocycles. The minimum Gasteiger partial charge on any atom is -0.303 e. The van der Waals surface area contributed by atoms with Crippen LogP contribution in [0, 0.1) is 0 Å². The molecule has 1 heterocycles. The van der Waals surface area contributed by atoms with E-state index in [9.17, 15) is 0 Å². The lowest BCUT2D eigenvalue weighted by atomic mass is 10.0. The lowest BCUT2D eigenvalue weighted by Crippen LogP contribution is -2.41. The summed E-state index contributed by atoms with van der Waals surface area (Å²) in [6, 6.07) is 0.408. The first kappa shape index (κ1) is 9.12. The fourth-order valence-electron chi connectivity index (χ4n) is 1.21. The number of aromatic nitrogens is 4. The number of nitrogens with zero attached hydrogens (tertiary/aromatic N) is 3. The van der Waals surface area contributed by atoms with Gasteiger partial charge < -0.3 is 5.32 Å². The van der Waals surface area contributed by atoms with Gasteiger partial charge in [-0.25, -0.2) is 5.10 Å². The summed E-state index contributed by atoms with van der Waals surface area (Å²) in [6.07, 6.45) is 0. The minimum atomic E-state index is -0.197. The highest BCUT2D eigenvalue weighted by atomic mass is 15.5. The first-order valence-corrected chi connectivity index (χ1v) is 4.04. The molecule has 1 aromatic heterocycles. The van der Waals surface area contributed by atoms with Crippen LogP contribution in [-0.4, -0.2) is 26.7 Å². The van der Waals surface area contributed by atoms with Crippen molar-refractivity contribution in [1.29, 1.82) is 0 Å². The van der Waals surface area contributed by atoms with Gasteiger partial charge in [0.2, 0.25) is 0 Å². The predicted octanol–water partition coefficient (Wildman–Crippen LogP) is 0.433. The molecule has 68 valence electrons. The number of hydrogen-bond acceptors (Lipinski definition) is 4. The van der Waals surface area contributed by atoms with E-state index in [-0.39, 0.29) is 5.54 Å². The van der Waals surface area contributed by atoms with Crippen molar-refractivity contribution in [2.24, 2.45) is 0 Å². The zero-order chi connectivity index (χ0) is 9.19. The zero-order valence-electron chi connectivity index (χ0n) is 7.92. The molecule has 0 aliphatic heterocycles. The van der Waals surface area contributed by atoms with Gasteiger partial charge in [-0.15, -0.1) is 5.10 Å². The molecule has 0 saturated carbocycles. The fourth-order valence-corrected chi connectivity index (χ4v) is 1.21. The molecular weight excluding hydrogens is 154 g/mol. The monoisotopic (exact) mass is 169 g/mol. The summed E-state index contributed by atoms with van der Waals surface area (Å²) in [6.45, 7) is 8.25. The zero-order valence-corrected chi connectivity index (χ0v) is 7.92. The maximum Gasteiger partial charge on any atom is 0.168 e. The molecule has 0 spiro atoms. The number of aromatic amines is 1. The van der Waals surface area contributed by atoms with Crippen molar-refractivity contribution >= 4 is 0 Å². The lowest BCUT2D eigenvalue weighted by Gasteiger charge is -2.25. The van der Waals surface area contributed by atoms with E-state index >= 15 is 0 Å². The molecule has 0 atom stereocenters. The van der Waals surface area contributed by atoms with Gasteiger partial charge in [0.25, 0.3) is 0 Å². The van der Waals surface area contributed by atoms with Gasteiger partial charge in [-0.1, -0.05) is 0 Å². The van der Waals surface area contributed by atoms with Gasteiger partial charge in [0.15, 0.2) is 5.82 Å². The van der Waals surface area contributed by atoms with Crippen LogP contribution in [0.3, 0.4) is 0 Å². The van der Waals surface area contributed by atoms with Gasteiger partial charge in [-0.2, -0.15) is 0 Å². The van der Waals surface area contributed by atoms with Crippen molar-refractivity contribution in [2.45, 2.75) is 39.3 Å². The first-order chi connectivity index (χ1) is 5.52. The van der Waals surface area contributed by atoms with E-state index in [4.69, 9.17) is 0 Å².